The van der Waals surface area contributed by atoms with Crippen LogP contribution in [-0.2, 0) is 5.41 Å². The summed E-state index contributed by atoms with van der Waals surface area (Å²) in [4.78, 5) is 0. The van der Waals surface area contributed by atoms with Gasteiger partial charge in [-0.05, 0) is 48.5 Å². The van der Waals surface area contributed by atoms with Gasteiger partial charge in [-0.3, -0.25) is 0 Å². The summed E-state index contributed by atoms with van der Waals surface area (Å²) in [5.41, 5.74) is 2.99. The zero-order valence-electron chi connectivity index (χ0n) is 15.8. The Kier molecular flexibility index (Phi) is 3.09. The fraction of sp³-hybridized carbons (Fsp3) is 0.636. The second kappa shape index (κ2) is 4.96. The second-order valence-corrected chi connectivity index (χ2v) is 9.33. The lowest BCUT2D eigenvalue weighted by atomic mass is 9.53. The Balaban J connectivity index is 1.79. The average molecular weight is 340 g/mol. The van der Waals surface area contributed by atoms with Gasteiger partial charge in [-0.2, -0.15) is 0 Å². The molecule has 5 rings (SSSR count). The molecule has 1 aliphatic heterocycles. The van der Waals surface area contributed by atoms with Gasteiger partial charge in [0.1, 0.15) is 11.3 Å². The van der Waals surface area contributed by atoms with Crippen LogP contribution in [0.3, 0.4) is 0 Å². The van der Waals surface area contributed by atoms with Crippen molar-refractivity contribution in [3.8, 4) is 11.5 Å². The molecule has 2 aromatic rings. The Labute approximate surface area is 149 Å². The summed E-state index contributed by atoms with van der Waals surface area (Å²) < 4.78 is 17.7. The van der Waals surface area contributed by atoms with Crippen LogP contribution in [0.4, 0.5) is 0 Å². The van der Waals surface area contributed by atoms with Gasteiger partial charge in [-0.25, -0.2) is 0 Å². The Morgan fingerprint density at radius 1 is 1.00 bits per heavy atom. The molecule has 0 saturated heterocycles. The molecule has 3 aliphatic rings. The molecular weight excluding hydrogens is 312 g/mol. The van der Waals surface area contributed by atoms with Crippen LogP contribution >= 0.6 is 0 Å². The molecular formula is C22H28O3. The van der Waals surface area contributed by atoms with Crippen molar-refractivity contribution in [1.82, 2.24) is 0 Å². The first-order chi connectivity index (χ1) is 11.9. The van der Waals surface area contributed by atoms with E-state index < -0.39 is 0 Å². The van der Waals surface area contributed by atoms with Gasteiger partial charge < -0.3 is 13.9 Å². The maximum Gasteiger partial charge on any atom is 0.231 e. The minimum atomic E-state index is 0.181. The van der Waals surface area contributed by atoms with Gasteiger partial charge in [-0.1, -0.05) is 34.1 Å². The number of furan rings is 1. The van der Waals surface area contributed by atoms with Gasteiger partial charge in [0.15, 0.2) is 11.5 Å². The van der Waals surface area contributed by atoms with Crippen molar-refractivity contribution in [2.75, 3.05) is 6.79 Å². The summed E-state index contributed by atoms with van der Waals surface area (Å²) in [5.74, 6) is 4.06. The van der Waals surface area contributed by atoms with Crippen molar-refractivity contribution in [2.24, 2.45) is 11.3 Å². The van der Waals surface area contributed by atoms with E-state index in [-0.39, 0.29) is 5.41 Å². The molecule has 134 valence electrons. The van der Waals surface area contributed by atoms with E-state index in [1.807, 2.05) is 6.07 Å². The van der Waals surface area contributed by atoms with Crippen molar-refractivity contribution < 1.29 is 13.9 Å². The highest BCUT2D eigenvalue weighted by Crippen LogP contribution is 2.60. The Morgan fingerprint density at radius 2 is 1.76 bits per heavy atom. The normalized spacial score (nSPS) is 33.0. The first-order valence-electron chi connectivity index (χ1n) is 9.77. The van der Waals surface area contributed by atoms with Gasteiger partial charge in [0.25, 0.3) is 0 Å². The average Bonchev–Trinajstić information content (AvgIpc) is 3.11. The Morgan fingerprint density at radius 3 is 2.56 bits per heavy atom. The molecule has 25 heavy (non-hydrogen) atoms. The largest absolute Gasteiger partial charge is 0.460 e. The summed E-state index contributed by atoms with van der Waals surface area (Å²) in [6.45, 7) is 10.1. The van der Waals surface area contributed by atoms with Crippen LogP contribution in [-0.4, -0.2) is 6.79 Å². The van der Waals surface area contributed by atoms with Gasteiger partial charge >= 0.3 is 0 Å². The molecule has 3 atom stereocenters. The van der Waals surface area contributed by atoms with Gasteiger partial charge in [0, 0.05) is 22.9 Å². The van der Waals surface area contributed by atoms with Crippen LogP contribution in [0.2, 0.25) is 0 Å². The quantitative estimate of drug-likeness (QED) is 0.577. The highest BCUT2D eigenvalue weighted by Gasteiger charge is 2.51. The molecule has 0 radical (unpaired) electrons. The van der Waals surface area contributed by atoms with E-state index in [4.69, 9.17) is 13.9 Å². The molecule has 3 heteroatoms. The van der Waals surface area contributed by atoms with E-state index in [1.165, 1.54) is 48.8 Å². The number of hydrogen-bond acceptors (Lipinski definition) is 3. The summed E-state index contributed by atoms with van der Waals surface area (Å²) in [7, 11) is 0. The van der Waals surface area contributed by atoms with E-state index in [0.29, 0.717) is 24.0 Å². The lowest BCUT2D eigenvalue weighted by molar-refractivity contribution is 0.0504. The maximum absolute atomic E-state index is 6.45. The standard InChI is InChI=1S/C22H28O3/c1-13-6-7-18-21(2,3)8-5-9-22(18,4)19-14-10-16-17(24-12-23-16)11-15(14)25-20(13)19/h10-11,13,18H,5-9,12H2,1-4H3/t13-,18+,22?/m1/s1. The molecule has 3 nitrogen and oxygen atoms in total. The molecule has 2 aliphatic carbocycles. The van der Waals surface area contributed by atoms with Crippen LogP contribution < -0.4 is 9.47 Å². The smallest absolute Gasteiger partial charge is 0.231 e. The number of ether oxygens (including phenoxy) is 2. The molecule has 0 spiro atoms. The Hall–Kier alpha value is -1.64. The van der Waals surface area contributed by atoms with E-state index in [2.05, 4.69) is 33.8 Å². The minimum absolute atomic E-state index is 0.181. The SMILES string of the molecule is C[C@@H]1CC[C@H]2C(C)(C)CCCC2(C)c2c1oc1cc3c(cc21)OCO3. The van der Waals surface area contributed by atoms with Crippen molar-refractivity contribution in [1.29, 1.82) is 0 Å². The molecule has 1 aromatic heterocycles. The number of fused-ring (bicyclic) bond motifs is 6. The third kappa shape index (κ3) is 2.04. The minimum Gasteiger partial charge on any atom is -0.460 e. The highest BCUT2D eigenvalue weighted by atomic mass is 16.7. The molecule has 0 amide bonds. The summed E-state index contributed by atoms with van der Waals surface area (Å²) >= 11 is 0. The summed E-state index contributed by atoms with van der Waals surface area (Å²) in [6, 6.07) is 4.20. The molecule has 1 saturated carbocycles. The van der Waals surface area contributed by atoms with Crippen LogP contribution in [0, 0.1) is 11.3 Å². The Bertz CT molecular complexity index is 847. The van der Waals surface area contributed by atoms with Crippen LogP contribution in [0.15, 0.2) is 16.5 Å². The van der Waals surface area contributed by atoms with Crippen molar-refractivity contribution in [3.63, 3.8) is 0 Å². The van der Waals surface area contributed by atoms with E-state index >= 15 is 0 Å². The fourth-order valence-electron chi connectivity index (χ4n) is 6.12. The summed E-state index contributed by atoms with van der Waals surface area (Å²) in [6.07, 6.45) is 6.39. The number of benzene rings is 1. The predicted octanol–water partition coefficient (Wildman–Crippen LogP) is 6.14. The third-order valence-corrected chi connectivity index (χ3v) is 7.35. The molecule has 1 unspecified atom stereocenters. The predicted molar refractivity (Wildman–Crippen MR) is 98.5 cm³/mol. The molecule has 0 bridgehead atoms. The van der Waals surface area contributed by atoms with Crippen molar-refractivity contribution in [3.05, 3.63) is 23.5 Å². The van der Waals surface area contributed by atoms with Crippen molar-refractivity contribution in [2.45, 2.75) is 71.1 Å². The highest BCUT2D eigenvalue weighted by molar-refractivity contribution is 5.87. The molecule has 1 fully saturated rings. The van der Waals surface area contributed by atoms with Gasteiger partial charge in [-0.15, -0.1) is 0 Å². The third-order valence-electron chi connectivity index (χ3n) is 7.35. The van der Waals surface area contributed by atoms with Gasteiger partial charge in [0.2, 0.25) is 6.79 Å². The first-order valence-corrected chi connectivity index (χ1v) is 9.77. The van der Waals surface area contributed by atoms with Crippen molar-refractivity contribution >= 4 is 11.0 Å². The summed E-state index contributed by atoms with van der Waals surface area (Å²) in [5, 5.41) is 1.25. The van der Waals surface area contributed by atoms with Crippen LogP contribution in [0.25, 0.3) is 11.0 Å². The zero-order chi connectivity index (χ0) is 17.4. The lowest BCUT2D eigenvalue weighted by Gasteiger charge is -2.50. The molecule has 0 N–H and O–H groups in total. The first kappa shape index (κ1) is 15.6. The second-order valence-electron chi connectivity index (χ2n) is 9.33. The van der Waals surface area contributed by atoms with Crippen LogP contribution in [0.5, 0.6) is 11.5 Å². The van der Waals surface area contributed by atoms with E-state index in [0.717, 1.165) is 17.1 Å². The topological polar surface area (TPSA) is 31.6 Å². The van der Waals surface area contributed by atoms with Crippen LogP contribution in [0.1, 0.15) is 77.0 Å². The molecule has 2 heterocycles. The number of rotatable bonds is 0. The molecule has 1 aromatic carbocycles. The zero-order valence-corrected chi connectivity index (χ0v) is 15.8. The van der Waals surface area contributed by atoms with Gasteiger partial charge in [0.05, 0.1) is 0 Å². The number of hydrogen-bond donors (Lipinski definition) is 0. The van der Waals surface area contributed by atoms with E-state index in [1.54, 1.807) is 0 Å². The monoisotopic (exact) mass is 340 g/mol. The van der Waals surface area contributed by atoms with E-state index in [9.17, 15) is 0 Å². The fourth-order valence-corrected chi connectivity index (χ4v) is 6.12. The lowest BCUT2D eigenvalue weighted by Crippen LogP contribution is -2.44. The maximum atomic E-state index is 6.45.